The SMILES string of the molecule is Cc1cc[n+](C)c(-c2ccccc2C)c1.Cc1ccc(-c2ccccc2C)[n+](C)c1.Cc1ccccc1-c1c(C)ccc[n+]1C.Cc1ccccc1-c1cccc(C)[n+]1C.Cc1ccccc1-c1cccc[n+]1C. The van der Waals surface area contributed by atoms with Gasteiger partial charge in [-0.25, -0.2) is 18.3 Å². The quantitative estimate of drug-likeness (QED) is 0.153. The van der Waals surface area contributed by atoms with Gasteiger partial charge in [-0.3, -0.25) is 0 Å². The van der Waals surface area contributed by atoms with E-state index in [0.29, 0.717) is 0 Å². The van der Waals surface area contributed by atoms with E-state index in [4.69, 9.17) is 0 Å². The summed E-state index contributed by atoms with van der Waals surface area (Å²) in [4.78, 5) is 0. The molecule has 5 heteroatoms. The number of nitrogens with zero attached hydrogens (tertiary/aromatic N) is 5. The zero-order chi connectivity index (χ0) is 53.3. The lowest BCUT2D eigenvalue weighted by Gasteiger charge is -2.06. The van der Waals surface area contributed by atoms with Crippen molar-refractivity contribution in [1.82, 2.24) is 0 Å². The lowest BCUT2D eigenvalue weighted by Crippen LogP contribution is -2.34. The van der Waals surface area contributed by atoms with Gasteiger partial charge in [0.2, 0.25) is 28.5 Å². The van der Waals surface area contributed by atoms with Crippen LogP contribution in [0.3, 0.4) is 0 Å². The van der Waals surface area contributed by atoms with E-state index < -0.39 is 0 Å². The number of hydrogen-bond donors (Lipinski definition) is 0. The van der Waals surface area contributed by atoms with E-state index >= 15 is 0 Å². The lowest BCUT2D eigenvalue weighted by atomic mass is 10.0. The van der Waals surface area contributed by atoms with Crippen LogP contribution in [0.25, 0.3) is 56.3 Å². The molecule has 0 aliphatic heterocycles. The van der Waals surface area contributed by atoms with Crippen molar-refractivity contribution in [3.8, 4) is 56.3 Å². The molecule has 374 valence electrons. The van der Waals surface area contributed by atoms with Gasteiger partial charge in [-0.15, -0.1) is 0 Å². The molecule has 0 atom stereocenters. The van der Waals surface area contributed by atoms with Crippen LogP contribution in [0.1, 0.15) is 50.2 Å². The Morgan fingerprint density at radius 2 is 0.662 bits per heavy atom. The molecule has 0 aliphatic rings. The van der Waals surface area contributed by atoms with Crippen molar-refractivity contribution in [3.05, 3.63) is 269 Å². The van der Waals surface area contributed by atoms with Crippen LogP contribution in [0.15, 0.2) is 219 Å². The Morgan fingerprint density at radius 1 is 0.257 bits per heavy atom. The maximum atomic E-state index is 2.22. The molecule has 5 nitrogen and oxygen atoms in total. The number of hydrogen-bond acceptors (Lipinski definition) is 0. The van der Waals surface area contributed by atoms with Crippen molar-refractivity contribution >= 4 is 0 Å². The molecule has 0 radical (unpaired) electrons. The maximum Gasteiger partial charge on any atom is 0.215 e. The molecule has 5 heterocycles. The smallest absolute Gasteiger partial charge is 0.201 e. The largest absolute Gasteiger partial charge is 0.215 e. The molecule has 74 heavy (non-hydrogen) atoms. The Hall–Kier alpha value is -8.15. The van der Waals surface area contributed by atoms with E-state index in [2.05, 4.69) is 333 Å². The molecule has 0 spiro atoms. The van der Waals surface area contributed by atoms with Crippen LogP contribution >= 0.6 is 0 Å². The van der Waals surface area contributed by atoms with Crippen LogP contribution in [0.4, 0.5) is 0 Å². The number of benzene rings is 5. The second-order valence-electron chi connectivity index (χ2n) is 19.4. The standard InChI is InChI=1S/4C14H16N.C13H14N/c1-11-7-4-5-9-13(11)14-12(2)8-6-10-15(14)3;1-11-7-4-5-9-13(11)14-10-6-8-12(2)15(14)3;1-11-8-9-15(3)14(10-11)13-7-5-4-6-12(13)2;1-11-8-9-14(15(3)10-11)13-7-5-4-6-12(13)2;1-11-7-3-4-8-12(11)13-9-5-6-10-14(13)2/h4*4-10H,1-3H3;3-10H,1-2H3/q5*+1. The highest BCUT2D eigenvalue weighted by Gasteiger charge is 2.16. The van der Waals surface area contributed by atoms with E-state index in [0.717, 1.165) is 0 Å². The molecule has 5 aromatic carbocycles. The van der Waals surface area contributed by atoms with Gasteiger partial charge in [0.1, 0.15) is 35.2 Å². The molecule has 0 unspecified atom stereocenters. The third-order valence-electron chi connectivity index (χ3n) is 13.6. The first kappa shape index (κ1) is 55.2. The van der Waals surface area contributed by atoms with E-state index in [1.165, 1.54) is 106 Å². The summed E-state index contributed by atoms with van der Waals surface area (Å²) in [6, 6.07) is 68.0. The number of rotatable bonds is 5. The van der Waals surface area contributed by atoms with Gasteiger partial charge in [0.25, 0.3) is 0 Å². The zero-order valence-corrected chi connectivity index (χ0v) is 46.5. The summed E-state index contributed by atoms with van der Waals surface area (Å²) in [5, 5.41) is 0. The molecular weight excluding hydrogens is 899 g/mol. The second-order valence-corrected chi connectivity index (χ2v) is 19.4. The van der Waals surface area contributed by atoms with Gasteiger partial charge >= 0.3 is 0 Å². The van der Waals surface area contributed by atoms with Gasteiger partial charge in [-0.2, -0.15) is 4.57 Å². The van der Waals surface area contributed by atoms with Gasteiger partial charge in [0.05, 0.1) is 0 Å². The fourth-order valence-corrected chi connectivity index (χ4v) is 9.16. The van der Waals surface area contributed by atoms with Crippen molar-refractivity contribution in [2.24, 2.45) is 35.2 Å². The summed E-state index contributed by atoms with van der Waals surface area (Å²) in [5.74, 6) is 0. The zero-order valence-electron chi connectivity index (χ0n) is 46.5. The Bertz CT molecular complexity index is 3350. The monoisotopic (exact) mass is 977 g/mol. The summed E-state index contributed by atoms with van der Waals surface area (Å²) in [5.41, 5.74) is 24.7. The van der Waals surface area contributed by atoms with Gasteiger partial charge < -0.3 is 0 Å². The topological polar surface area (TPSA) is 19.4 Å². The molecule has 0 fully saturated rings. The van der Waals surface area contributed by atoms with Crippen molar-refractivity contribution in [2.45, 2.75) is 62.3 Å². The molecule has 0 saturated carbocycles. The van der Waals surface area contributed by atoms with E-state index in [9.17, 15) is 0 Å². The third kappa shape index (κ3) is 14.5. The van der Waals surface area contributed by atoms with Crippen LogP contribution in [0.5, 0.6) is 0 Å². The average molecular weight is 977 g/mol. The Kier molecular flexibility index (Phi) is 19.8. The normalized spacial score (nSPS) is 10.3. The number of aryl methyl sites for hydroxylation is 13. The lowest BCUT2D eigenvalue weighted by molar-refractivity contribution is -0.666. The second kappa shape index (κ2) is 26.5. The minimum Gasteiger partial charge on any atom is -0.201 e. The van der Waals surface area contributed by atoms with Crippen LogP contribution < -0.4 is 22.8 Å². The summed E-state index contributed by atoms with van der Waals surface area (Å²) in [6.45, 7) is 19.3. The Balaban J connectivity index is 0.000000151. The molecule has 0 amide bonds. The minimum atomic E-state index is 1.26. The minimum absolute atomic E-state index is 1.26. The predicted octanol–water partition coefficient (Wildman–Crippen LogP) is 13.7. The highest BCUT2D eigenvalue weighted by molar-refractivity contribution is 5.65. The van der Waals surface area contributed by atoms with E-state index in [-0.39, 0.29) is 0 Å². The van der Waals surface area contributed by atoms with Crippen LogP contribution in [0.2, 0.25) is 0 Å². The van der Waals surface area contributed by atoms with Gasteiger partial charge in [-0.1, -0.05) is 91.0 Å². The first-order valence-electron chi connectivity index (χ1n) is 25.6. The highest BCUT2D eigenvalue weighted by atomic mass is 14.9. The summed E-state index contributed by atoms with van der Waals surface area (Å²) in [6.07, 6.45) is 8.43. The molecule has 10 rings (SSSR count). The van der Waals surface area contributed by atoms with Crippen molar-refractivity contribution < 1.29 is 22.8 Å². The Labute approximate surface area is 443 Å². The molecule has 0 bridgehead atoms. The molecule has 0 aliphatic carbocycles. The number of pyridine rings is 5. The van der Waals surface area contributed by atoms with Crippen LogP contribution in [-0.4, -0.2) is 0 Å². The highest BCUT2D eigenvalue weighted by Crippen LogP contribution is 2.24. The fraction of sp³-hybridized carbons (Fsp3) is 0.203. The van der Waals surface area contributed by atoms with Gasteiger partial charge in [0.15, 0.2) is 30.5 Å². The van der Waals surface area contributed by atoms with Crippen molar-refractivity contribution in [3.63, 3.8) is 0 Å². The predicted molar refractivity (Wildman–Crippen MR) is 308 cm³/mol. The summed E-state index contributed by atoms with van der Waals surface area (Å²) >= 11 is 0. The maximum absolute atomic E-state index is 2.22. The molecular formula is C69H78N5+5. The van der Waals surface area contributed by atoms with Crippen molar-refractivity contribution in [1.29, 1.82) is 0 Å². The van der Waals surface area contributed by atoms with Crippen molar-refractivity contribution in [2.75, 3.05) is 0 Å². The molecule has 0 N–H and O–H groups in total. The number of aromatic nitrogens is 5. The average Bonchev–Trinajstić information content (AvgIpc) is 3.38. The van der Waals surface area contributed by atoms with E-state index in [1.807, 2.05) is 6.07 Å². The van der Waals surface area contributed by atoms with Gasteiger partial charge in [0, 0.05) is 94.4 Å². The van der Waals surface area contributed by atoms with Crippen LogP contribution in [-0.2, 0) is 35.2 Å². The summed E-state index contributed by atoms with van der Waals surface area (Å²) < 4.78 is 10.9. The van der Waals surface area contributed by atoms with Crippen LogP contribution in [0, 0.1) is 62.3 Å². The Morgan fingerprint density at radius 3 is 1.15 bits per heavy atom. The van der Waals surface area contributed by atoms with E-state index in [1.54, 1.807) is 0 Å². The molecule has 10 aromatic rings. The summed E-state index contributed by atoms with van der Waals surface area (Å²) in [7, 11) is 10.4. The third-order valence-corrected chi connectivity index (χ3v) is 13.6. The first-order valence-corrected chi connectivity index (χ1v) is 25.6. The molecule has 0 saturated heterocycles. The van der Waals surface area contributed by atoms with Gasteiger partial charge in [-0.05, 0) is 143 Å². The fourth-order valence-electron chi connectivity index (χ4n) is 9.16. The molecule has 5 aromatic heterocycles. The first-order chi connectivity index (χ1) is 35.5.